The van der Waals surface area contributed by atoms with Crippen molar-refractivity contribution in [2.45, 2.75) is 26.5 Å². The first-order valence-corrected chi connectivity index (χ1v) is 9.52. The summed E-state index contributed by atoms with van der Waals surface area (Å²) in [5.41, 5.74) is 4.41. The molecule has 0 unspecified atom stereocenters. The average Bonchev–Trinajstić information content (AvgIpc) is 3.04. The number of halogens is 2. The Labute approximate surface area is 172 Å². The number of aromatic nitrogens is 3. The van der Waals surface area contributed by atoms with E-state index in [1.807, 2.05) is 47.9 Å². The lowest BCUT2D eigenvalue weighted by Crippen LogP contribution is -2.08. The zero-order valence-electron chi connectivity index (χ0n) is 16.7. The second-order valence-corrected chi connectivity index (χ2v) is 6.90. The van der Waals surface area contributed by atoms with Crippen molar-refractivity contribution < 1.29 is 18.3 Å². The molecule has 30 heavy (non-hydrogen) atoms. The number of methoxy groups -OCH3 is 1. The molecule has 0 bridgehead atoms. The molecule has 5 nitrogen and oxygen atoms in total. The molecule has 0 amide bonds. The number of para-hydroxylation sites is 1. The number of aryl methyl sites for hydroxylation is 1. The van der Waals surface area contributed by atoms with Crippen LogP contribution in [0.25, 0.3) is 11.0 Å². The van der Waals surface area contributed by atoms with Crippen molar-refractivity contribution >= 4 is 11.0 Å². The molecular formula is C23H21F2N3O2. The van der Waals surface area contributed by atoms with Crippen LogP contribution in [0.15, 0.2) is 60.7 Å². The van der Waals surface area contributed by atoms with Gasteiger partial charge in [0, 0.05) is 23.7 Å². The molecule has 0 fully saturated rings. The fourth-order valence-corrected chi connectivity index (χ4v) is 3.49. The van der Waals surface area contributed by atoms with Crippen LogP contribution in [0.5, 0.6) is 11.6 Å². The molecule has 4 aromatic rings. The molecule has 0 aliphatic rings. The SMILES string of the molecule is COc1cccc(Cc2ccc3nc(C)n(Cc4ccccc4OC(F)F)c3c2)n1. The minimum atomic E-state index is -2.87. The van der Waals surface area contributed by atoms with Gasteiger partial charge in [0.1, 0.15) is 11.6 Å². The van der Waals surface area contributed by atoms with Crippen LogP contribution in [0.2, 0.25) is 0 Å². The summed E-state index contributed by atoms with van der Waals surface area (Å²) in [6.07, 6.45) is 0.641. The van der Waals surface area contributed by atoms with E-state index in [2.05, 4.69) is 20.8 Å². The van der Waals surface area contributed by atoms with Gasteiger partial charge in [0.15, 0.2) is 0 Å². The maximum Gasteiger partial charge on any atom is 0.387 e. The Morgan fingerprint density at radius 1 is 1.00 bits per heavy atom. The molecule has 0 atom stereocenters. The second kappa shape index (κ2) is 8.49. The lowest BCUT2D eigenvalue weighted by Gasteiger charge is -2.13. The van der Waals surface area contributed by atoms with E-state index in [-0.39, 0.29) is 5.75 Å². The van der Waals surface area contributed by atoms with Gasteiger partial charge in [0.05, 0.1) is 24.7 Å². The average molecular weight is 409 g/mol. The summed E-state index contributed by atoms with van der Waals surface area (Å²) in [7, 11) is 1.59. The summed E-state index contributed by atoms with van der Waals surface area (Å²) in [4.78, 5) is 9.08. The summed E-state index contributed by atoms with van der Waals surface area (Å²) in [5, 5.41) is 0. The highest BCUT2D eigenvalue weighted by atomic mass is 19.3. The van der Waals surface area contributed by atoms with Crippen molar-refractivity contribution in [2.24, 2.45) is 0 Å². The van der Waals surface area contributed by atoms with Gasteiger partial charge in [0.2, 0.25) is 5.88 Å². The number of hydrogen-bond acceptors (Lipinski definition) is 4. The molecule has 4 rings (SSSR count). The standard InChI is InChI=1S/C23H21F2N3O2/c1-15-26-19-11-10-16(12-18-7-5-9-22(27-18)29-2)13-20(19)28(15)14-17-6-3-4-8-21(17)30-23(24)25/h3-11,13,23H,12,14H2,1-2H3. The Morgan fingerprint density at radius 3 is 2.63 bits per heavy atom. The number of hydrogen-bond donors (Lipinski definition) is 0. The smallest absolute Gasteiger partial charge is 0.387 e. The molecule has 0 aliphatic heterocycles. The fourth-order valence-electron chi connectivity index (χ4n) is 3.49. The maximum absolute atomic E-state index is 12.8. The van der Waals surface area contributed by atoms with Crippen LogP contribution in [-0.4, -0.2) is 28.3 Å². The normalized spacial score (nSPS) is 11.2. The van der Waals surface area contributed by atoms with E-state index in [4.69, 9.17) is 4.74 Å². The molecule has 0 N–H and O–H groups in total. The summed E-state index contributed by atoms with van der Waals surface area (Å²) in [6.45, 7) is -0.583. The predicted octanol–water partition coefficient (Wildman–Crippen LogP) is 4.99. The van der Waals surface area contributed by atoms with Crippen LogP contribution in [-0.2, 0) is 13.0 Å². The van der Waals surface area contributed by atoms with Crippen molar-refractivity contribution in [3.05, 3.63) is 83.3 Å². The Kier molecular flexibility index (Phi) is 5.61. The fraction of sp³-hybridized carbons (Fsp3) is 0.217. The molecular weight excluding hydrogens is 388 g/mol. The van der Waals surface area contributed by atoms with Crippen molar-refractivity contribution in [3.8, 4) is 11.6 Å². The highest BCUT2D eigenvalue weighted by Crippen LogP contribution is 2.25. The number of alkyl halides is 2. The van der Waals surface area contributed by atoms with E-state index in [9.17, 15) is 8.78 Å². The number of nitrogens with zero attached hydrogens (tertiary/aromatic N) is 3. The number of ether oxygens (including phenoxy) is 2. The van der Waals surface area contributed by atoms with E-state index < -0.39 is 6.61 Å². The van der Waals surface area contributed by atoms with E-state index in [0.717, 1.165) is 28.1 Å². The van der Waals surface area contributed by atoms with Crippen LogP contribution in [0.3, 0.4) is 0 Å². The molecule has 0 spiro atoms. The van der Waals surface area contributed by atoms with Gasteiger partial charge >= 0.3 is 6.61 Å². The van der Waals surface area contributed by atoms with Gasteiger partial charge in [0.25, 0.3) is 0 Å². The largest absolute Gasteiger partial charge is 0.481 e. The minimum absolute atomic E-state index is 0.172. The number of pyridine rings is 1. The highest BCUT2D eigenvalue weighted by molar-refractivity contribution is 5.77. The molecule has 0 saturated heterocycles. The van der Waals surface area contributed by atoms with Gasteiger partial charge < -0.3 is 14.0 Å². The van der Waals surface area contributed by atoms with Crippen LogP contribution in [0, 0.1) is 6.92 Å². The van der Waals surface area contributed by atoms with Crippen molar-refractivity contribution in [2.75, 3.05) is 7.11 Å². The van der Waals surface area contributed by atoms with Gasteiger partial charge in [-0.25, -0.2) is 9.97 Å². The summed E-state index contributed by atoms with van der Waals surface area (Å²) in [5.74, 6) is 1.55. The third kappa shape index (κ3) is 4.25. The van der Waals surface area contributed by atoms with Gasteiger partial charge in [-0.1, -0.05) is 30.3 Å². The van der Waals surface area contributed by atoms with Crippen molar-refractivity contribution in [1.82, 2.24) is 14.5 Å². The second-order valence-electron chi connectivity index (χ2n) is 6.90. The quantitative estimate of drug-likeness (QED) is 0.432. The lowest BCUT2D eigenvalue weighted by molar-refractivity contribution is -0.0504. The summed E-state index contributed by atoms with van der Waals surface area (Å²) < 4.78 is 37.4. The molecule has 2 aromatic carbocycles. The zero-order chi connectivity index (χ0) is 21.1. The van der Waals surface area contributed by atoms with Crippen LogP contribution < -0.4 is 9.47 Å². The highest BCUT2D eigenvalue weighted by Gasteiger charge is 2.14. The van der Waals surface area contributed by atoms with Gasteiger partial charge in [-0.3, -0.25) is 0 Å². The number of fused-ring (bicyclic) bond motifs is 1. The molecule has 7 heteroatoms. The van der Waals surface area contributed by atoms with E-state index >= 15 is 0 Å². The lowest BCUT2D eigenvalue weighted by atomic mass is 10.1. The van der Waals surface area contributed by atoms with Crippen molar-refractivity contribution in [3.63, 3.8) is 0 Å². The topological polar surface area (TPSA) is 49.2 Å². The molecule has 2 aromatic heterocycles. The van der Waals surface area contributed by atoms with Crippen LogP contribution >= 0.6 is 0 Å². The first-order chi connectivity index (χ1) is 14.5. The van der Waals surface area contributed by atoms with Gasteiger partial charge in [-0.2, -0.15) is 8.78 Å². The molecule has 154 valence electrons. The monoisotopic (exact) mass is 409 g/mol. The molecule has 2 heterocycles. The zero-order valence-corrected chi connectivity index (χ0v) is 16.7. The number of imidazole rings is 1. The third-order valence-corrected chi connectivity index (χ3v) is 4.90. The molecule has 0 radical (unpaired) electrons. The van der Waals surface area contributed by atoms with E-state index in [0.29, 0.717) is 24.4 Å². The Bertz CT molecular complexity index is 1170. The Morgan fingerprint density at radius 2 is 1.83 bits per heavy atom. The maximum atomic E-state index is 12.8. The van der Waals surface area contributed by atoms with Gasteiger partial charge in [-0.05, 0) is 36.8 Å². The minimum Gasteiger partial charge on any atom is -0.481 e. The first-order valence-electron chi connectivity index (χ1n) is 9.52. The van der Waals surface area contributed by atoms with Crippen LogP contribution in [0.4, 0.5) is 8.78 Å². The Hall–Kier alpha value is -3.48. The first kappa shape index (κ1) is 19.8. The van der Waals surface area contributed by atoms with Gasteiger partial charge in [-0.15, -0.1) is 0 Å². The van der Waals surface area contributed by atoms with E-state index in [1.54, 1.807) is 25.3 Å². The summed E-state index contributed by atoms with van der Waals surface area (Å²) >= 11 is 0. The van der Waals surface area contributed by atoms with Crippen LogP contribution in [0.1, 0.15) is 22.6 Å². The number of benzene rings is 2. The molecule has 0 aliphatic carbocycles. The Balaban J connectivity index is 1.67. The third-order valence-electron chi connectivity index (χ3n) is 4.90. The summed E-state index contributed by atoms with van der Waals surface area (Å²) in [6, 6.07) is 18.5. The van der Waals surface area contributed by atoms with Crippen molar-refractivity contribution in [1.29, 1.82) is 0 Å². The van der Waals surface area contributed by atoms with E-state index in [1.165, 1.54) is 0 Å². The molecule has 0 saturated carbocycles. The number of rotatable bonds is 7. The predicted molar refractivity (Wildman–Crippen MR) is 110 cm³/mol.